The molecule has 1 fully saturated rings. The minimum atomic E-state index is -4.64. The second kappa shape index (κ2) is 12.8. The molecule has 1 aliphatic rings. The van der Waals surface area contributed by atoms with E-state index in [2.05, 4.69) is 28.8 Å². The zero-order valence-corrected chi connectivity index (χ0v) is 24.5. The van der Waals surface area contributed by atoms with Gasteiger partial charge in [0.15, 0.2) is 5.03 Å². The summed E-state index contributed by atoms with van der Waals surface area (Å²) in [5.74, 6) is -1.42. The third-order valence-corrected chi connectivity index (χ3v) is 9.40. The van der Waals surface area contributed by atoms with Crippen LogP contribution in [-0.4, -0.2) is 25.0 Å². The van der Waals surface area contributed by atoms with E-state index < -0.39 is 38.6 Å². The van der Waals surface area contributed by atoms with Crippen molar-refractivity contribution >= 4 is 27.3 Å². The van der Waals surface area contributed by atoms with Gasteiger partial charge in [0.05, 0.1) is 11.5 Å². The van der Waals surface area contributed by atoms with Crippen LogP contribution < -0.4 is 4.72 Å². The maximum absolute atomic E-state index is 13.7. The summed E-state index contributed by atoms with van der Waals surface area (Å²) in [6, 6.07) is 17.9. The quantitative estimate of drug-likeness (QED) is 0.232. The highest BCUT2D eigenvalue weighted by molar-refractivity contribution is 7.92. The molecule has 42 heavy (non-hydrogen) atoms. The van der Waals surface area contributed by atoms with Crippen LogP contribution in [0.3, 0.4) is 0 Å². The molecule has 0 unspecified atom stereocenters. The lowest BCUT2D eigenvalue weighted by molar-refractivity contribution is -0.142. The van der Waals surface area contributed by atoms with Gasteiger partial charge in [-0.15, -0.1) is 0 Å². The smallest absolute Gasteiger partial charge is 0.299 e. The van der Waals surface area contributed by atoms with Gasteiger partial charge in [-0.05, 0) is 66.5 Å². The Balaban J connectivity index is 1.52. The maximum atomic E-state index is 13.7. The molecule has 1 aliphatic carbocycles. The molecular weight excluding hydrogens is 565 g/mol. The molecule has 2 aromatic carbocycles. The van der Waals surface area contributed by atoms with E-state index in [0.717, 1.165) is 31.7 Å². The van der Waals surface area contributed by atoms with Crippen LogP contribution in [0.25, 0.3) is 0 Å². The molecule has 3 aromatic rings. The van der Waals surface area contributed by atoms with Gasteiger partial charge in [0, 0.05) is 30.6 Å². The molecule has 0 saturated heterocycles. The molecule has 0 spiro atoms. The first kappa shape index (κ1) is 31.4. The average molecular weight is 601 g/mol. The van der Waals surface area contributed by atoms with Crippen molar-refractivity contribution in [2.24, 2.45) is 11.3 Å². The Labute approximate surface area is 244 Å². The molecule has 0 bridgehead atoms. The zero-order chi connectivity index (χ0) is 30.5. The number of anilines is 1. The summed E-state index contributed by atoms with van der Waals surface area (Å²) >= 11 is 0. The summed E-state index contributed by atoms with van der Waals surface area (Å²) in [4.78, 5) is 30.8. The van der Waals surface area contributed by atoms with Gasteiger partial charge < -0.3 is 0 Å². The van der Waals surface area contributed by atoms with Crippen molar-refractivity contribution in [2.75, 3.05) is 4.72 Å². The third-order valence-electron chi connectivity index (χ3n) is 8.11. The molecule has 10 heteroatoms. The van der Waals surface area contributed by atoms with Crippen molar-refractivity contribution < 1.29 is 31.2 Å². The predicted molar refractivity (Wildman–Crippen MR) is 154 cm³/mol. The van der Waals surface area contributed by atoms with Crippen LogP contribution in [0.5, 0.6) is 0 Å². The number of rotatable bonds is 11. The van der Waals surface area contributed by atoms with Gasteiger partial charge >= 0.3 is 6.18 Å². The first-order valence-electron chi connectivity index (χ1n) is 14.1. The molecule has 1 N–H and O–H groups in total. The van der Waals surface area contributed by atoms with Crippen molar-refractivity contribution in [3.05, 3.63) is 89.6 Å². The lowest BCUT2D eigenvalue weighted by Gasteiger charge is -2.40. The summed E-state index contributed by atoms with van der Waals surface area (Å²) in [6.07, 6.45) is 0.168. The van der Waals surface area contributed by atoms with Gasteiger partial charge in [0.25, 0.3) is 10.0 Å². The minimum Gasteiger partial charge on any atom is -0.299 e. The summed E-state index contributed by atoms with van der Waals surface area (Å²) < 4.78 is 66.7. The average Bonchev–Trinajstić information content (AvgIpc) is 2.94. The van der Waals surface area contributed by atoms with Crippen molar-refractivity contribution in [3.8, 4) is 0 Å². The minimum absolute atomic E-state index is 0.0838. The van der Waals surface area contributed by atoms with E-state index >= 15 is 0 Å². The number of carbonyl (C=O) groups is 2. The summed E-state index contributed by atoms with van der Waals surface area (Å²) in [5.41, 5.74) is 0.537. The van der Waals surface area contributed by atoms with Crippen LogP contribution in [0.1, 0.15) is 75.0 Å². The number of hydrogen-bond acceptors (Lipinski definition) is 5. The number of hydrogen-bond donors (Lipinski definition) is 1. The number of aromatic nitrogens is 1. The van der Waals surface area contributed by atoms with Crippen LogP contribution in [0.4, 0.5) is 18.9 Å². The SMILES string of the molecule is CCCC1(CCc2ccccc2)CC(=O)C([C@H](CC)c2cccc(NS(=O)(=O)c3ccc(C(F)(F)F)cn3)c2)C(=O)C1. The van der Waals surface area contributed by atoms with Crippen molar-refractivity contribution in [1.82, 2.24) is 4.98 Å². The number of Topliss-reactive ketones (excluding diaryl/α,β-unsaturated/α-hetero) is 2. The zero-order valence-electron chi connectivity index (χ0n) is 23.7. The highest BCUT2D eigenvalue weighted by Gasteiger charge is 2.46. The highest BCUT2D eigenvalue weighted by atomic mass is 32.2. The number of aryl methyl sites for hydroxylation is 1. The van der Waals surface area contributed by atoms with E-state index in [1.54, 1.807) is 18.2 Å². The Bertz CT molecular complexity index is 1490. The Kier molecular flexibility index (Phi) is 9.55. The number of ketones is 2. The number of sulfonamides is 1. The second-order valence-electron chi connectivity index (χ2n) is 11.1. The Morgan fingerprint density at radius 1 is 0.952 bits per heavy atom. The lowest BCUT2D eigenvalue weighted by atomic mass is 9.61. The normalized spacial score (nSPS) is 20.4. The number of halogens is 3. The van der Waals surface area contributed by atoms with Gasteiger partial charge in [-0.25, -0.2) is 4.98 Å². The van der Waals surface area contributed by atoms with Crippen LogP contribution in [0.15, 0.2) is 78.0 Å². The second-order valence-corrected chi connectivity index (χ2v) is 12.8. The monoisotopic (exact) mass is 600 g/mol. The van der Waals surface area contributed by atoms with Crippen LogP contribution in [-0.2, 0) is 32.2 Å². The summed E-state index contributed by atoms with van der Waals surface area (Å²) in [6.45, 7) is 3.95. The molecule has 4 rings (SSSR count). The maximum Gasteiger partial charge on any atom is 0.417 e. The number of nitrogens with zero attached hydrogens (tertiary/aromatic N) is 1. The molecule has 1 atom stereocenters. The van der Waals surface area contributed by atoms with Crippen molar-refractivity contribution in [2.45, 2.75) is 75.9 Å². The third kappa shape index (κ3) is 7.27. The molecule has 1 saturated carbocycles. The van der Waals surface area contributed by atoms with Crippen molar-refractivity contribution in [3.63, 3.8) is 0 Å². The number of nitrogens with one attached hydrogen (secondary N) is 1. The van der Waals surface area contributed by atoms with Gasteiger partial charge in [-0.3, -0.25) is 14.3 Å². The van der Waals surface area contributed by atoms with Crippen LogP contribution in [0.2, 0.25) is 0 Å². The summed E-state index contributed by atoms with van der Waals surface area (Å²) in [7, 11) is -4.28. The topological polar surface area (TPSA) is 93.2 Å². The largest absolute Gasteiger partial charge is 0.417 e. The lowest BCUT2D eigenvalue weighted by Crippen LogP contribution is -2.43. The molecular formula is C32H35F3N2O4S. The van der Waals surface area contributed by atoms with Gasteiger partial charge in [0.2, 0.25) is 0 Å². The van der Waals surface area contributed by atoms with Gasteiger partial charge in [0.1, 0.15) is 11.6 Å². The molecule has 0 amide bonds. The van der Waals surface area contributed by atoms with E-state index in [1.165, 1.54) is 11.6 Å². The fourth-order valence-corrected chi connectivity index (χ4v) is 7.10. The first-order valence-corrected chi connectivity index (χ1v) is 15.6. The first-order chi connectivity index (χ1) is 19.9. The van der Waals surface area contributed by atoms with Crippen LogP contribution in [0, 0.1) is 11.3 Å². The predicted octanol–water partition coefficient (Wildman–Crippen LogP) is 7.36. The molecule has 1 heterocycles. The fourth-order valence-electron chi connectivity index (χ4n) is 6.12. The van der Waals surface area contributed by atoms with E-state index in [0.29, 0.717) is 37.1 Å². The van der Waals surface area contributed by atoms with E-state index in [4.69, 9.17) is 0 Å². The Hall–Kier alpha value is -3.53. The Morgan fingerprint density at radius 3 is 2.21 bits per heavy atom. The number of carbonyl (C=O) groups excluding carboxylic acids is 2. The van der Waals surface area contributed by atoms with Crippen molar-refractivity contribution in [1.29, 1.82) is 0 Å². The molecule has 224 valence electrons. The van der Waals surface area contributed by atoms with Crippen LogP contribution >= 0.6 is 0 Å². The summed E-state index contributed by atoms with van der Waals surface area (Å²) in [5, 5.41) is -0.562. The highest BCUT2D eigenvalue weighted by Crippen LogP contribution is 2.46. The standard InChI is InChI=1S/C32H35F3N2O4S/c1-3-16-31(17-15-22-9-6-5-7-10-22)19-27(38)30(28(39)20-31)26(4-2)23-11-8-12-25(18-23)37-42(40,41)29-14-13-24(21-36-29)32(33,34)35/h5-14,18,21,26,30,37H,3-4,15-17,19-20H2,1-2H3/t26-,30?,31?/m1/s1. The fraction of sp³-hybridized carbons (Fsp3) is 0.406. The Morgan fingerprint density at radius 2 is 1.64 bits per heavy atom. The van der Waals surface area contributed by atoms with Gasteiger partial charge in [-0.2, -0.15) is 21.6 Å². The van der Waals surface area contributed by atoms with E-state index in [9.17, 15) is 31.2 Å². The number of alkyl halides is 3. The number of pyridine rings is 1. The molecule has 0 radical (unpaired) electrons. The molecule has 0 aliphatic heterocycles. The van der Waals surface area contributed by atoms with Gasteiger partial charge in [-0.1, -0.05) is 62.7 Å². The van der Waals surface area contributed by atoms with E-state index in [1.807, 2.05) is 25.1 Å². The molecule has 6 nitrogen and oxygen atoms in total. The molecule has 1 aromatic heterocycles. The van der Waals surface area contributed by atoms with E-state index in [-0.39, 0.29) is 22.7 Å². The number of benzene rings is 2.